The molecule has 2 amide bonds. The number of hydrogen-bond acceptors (Lipinski definition) is 6. The van der Waals surface area contributed by atoms with E-state index in [9.17, 15) is 9.59 Å². The van der Waals surface area contributed by atoms with Gasteiger partial charge in [-0.3, -0.25) is 14.5 Å². The van der Waals surface area contributed by atoms with Crippen LogP contribution in [0.5, 0.6) is 11.5 Å². The Hall–Kier alpha value is -3.33. The molecule has 0 unspecified atom stereocenters. The highest BCUT2D eigenvalue weighted by Gasteiger charge is 2.33. The number of halogens is 1. The summed E-state index contributed by atoms with van der Waals surface area (Å²) in [7, 11) is 0. The first-order valence-electron chi connectivity index (χ1n) is 12.1. The highest BCUT2D eigenvalue weighted by molar-refractivity contribution is 8.27. The first-order chi connectivity index (χ1) is 18.3. The number of ether oxygens (including phenoxy) is 2. The number of aryl methyl sites for hydroxylation is 2. The molecule has 0 atom stereocenters. The van der Waals surface area contributed by atoms with Gasteiger partial charge in [-0.1, -0.05) is 66.8 Å². The van der Waals surface area contributed by atoms with Crippen molar-refractivity contribution in [3.05, 3.63) is 87.3 Å². The Bertz CT molecular complexity index is 1410. The number of nitrogens with zero attached hydrogens (tertiary/aromatic N) is 1. The van der Waals surface area contributed by atoms with Gasteiger partial charge in [0.1, 0.15) is 0 Å². The zero-order valence-corrected chi connectivity index (χ0v) is 23.6. The normalized spacial score (nSPS) is 14.2. The molecule has 38 heavy (non-hydrogen) atoms. The van der Waals surface area contributed by atoms with E-state index in [0.29, 0.717) is 38.0 Å². The van der Waals surface area contributed by atoms with Crippen molar-refractivity contribution in [1.82, 2.24) is 0 Å². The van der Waals surface area contributed by atoms with Crippen LogP contribution in [0.25, 0.3) is 6.08 Å². The maximum atomic E-state index is 13.2. The fourth-order valence-corrected chi connectivity index (χ4v) is 5.21. The van der Waals surface area contributed by atoms with Gasteiger partial charge in [-0.2, -0.15) is 0 Å². The van der Waals surface area contributed by atoms with Crippen molar-refractivity contribution in [3.8, 4) is 11.5 Å². The standard InChI is InChI=1S/C29H27ClN2O4S2/c1-4-19-7-11-22(12-8-19)32-28(34)26(38-29(32)37)15-20-9-13-24(25(14-20)35-5-2)36-17-27(33)31-21-10-6-18(3)23(30)16-21/h6-16H,4-5,17H2,1-3H3,(H,31,33)/b26-15-. The molecule has 0 aromatic heterocycles. The molecule has 0 saturated carbocycles. The van der Waals surface area contributed by atoms with Crippen LogP contribution in [0.3, 0.4) is 0 Å². The largest absolute Gasteiger partial charge is 0.490 e. The van der Waals surface area contributed by atoms with Crippen LogP contribution in [0.2, 0.25) is 5.02 Å². The Labute approximate surface area is 237 Å². The number of carbonyl (C=O) groups excluding carboxylic acids is 2. The van der Waals surface area contributed by atoms with Crippen LogP contribution in [0, 0.1) is 6.92 Å². The number of anilines is 2. The van der Waals surface area contributed by atoms with Crippen LogP contribution in [-0.4, -0.2) is 29.3 Å². The van der Waals surface area contributed by atoms with Crippen LogP contribution in [-0.2, 0) is 16.0 Å². The molecule has 3 aromatic rings. The third kappa shape index (κ3) is 6.56. The molecule has 1 aliphatic heterocycles. The van der Waals surface area contributed by atoms with Gasteiger partial charge in [0.15, 0.2) is 22.4 Å². The van der Waals surface area contributed by atoms with E-state index >= 15 is 0 Å². The molecule has 6 nitrogen and oxygen atoms in total. The topological polar surface area (TPSA) is 67.9 Å². The number of rotatable bonds is 9. The molecule has 1 heterocycles. The van der Waals surface area contributed by atoms with Gasteiger partial charge in [0.05, 0.1) is 17.2 Å². The second-order valence-corrected chi connectivity index (χ2v) is 10.6. The molecule has 9 heteroatoms. The molecule has 0 aliphatic carbocycles. The maximum Gasteiger partial charge on any atom is 0.270 e. The summed E-state index contributed by atoms with van der Waals surface area (Å²) in [5, 5.41) is 3.34. The van der Waals surface area contributed by atoms with Crippen molar-refractivity contribution in [2.45, 2.75) is 27.2 Å². The van der Waals surface area contributed by atoms with Crippen molar-refractivity contribution >= 4 is 69.2 Å². The molecule has 1 fully saturated rings. The molecule has 1 N–H and O–H groups in total. The van der Waals surface area contributed by atoms with Gasteiger partial charge in [0.25, 0.3) is 11.8 Å². The van der Waals surface area contributed by atoms with E-state index in [1.165, 1.54) is 17.3 Å². The fourth-order valence-electron chi connectivity index (χ4n) is 3.74. The number of nitrogens with one attached hydrogen (secondary N) is 1. The SMILES string of the molecule is CCOc1cc(/C=C2\SC(=S)N(c3ccc(CC)cc3)C2=O)ccc1OCC(=O)Nc1ccc(C)c(Cl)c1. The Kier molecular flexibility index (Phi) is 9.09. The number of hydrogen-bond donors (Lipinski definition) is 1. The van der Waals surface area contributed by atoms with E-state index in [-0.39, 0.29) is 18.4 Å². The van der Waals surface area contributed by atoms with Gasteiger partial charge in [-0.25, -0.2) is 0 Å². The summed E-state index contributed by atoms with van der Waals surface area (Å²) in [6, 6.07) is 18.4. The average Bonchev–Trinajstić information content (AvgIpc) is 3.18. The van der Waals surface area contributed by atoms with Crippen LogP contribution in [0.4, 0.5) is 11.4 Å². The number of carbonyl (C=O) groups is 2. The fraction of sp³-hybridized carbons (Fsp3) is 0.207. The van der Waals surface area contributed by atoms with Crippen LogP contribution in [0.15, 0.2) is 65.6 Å². The number of benzene rings is 3. The second-order valence-electron chi connectivity index (χ2n) is 8.48. The van der Waals surface area contributed by atoms with Gasteiger partial charge in [-0.05, 0) is 79.4 Å². The van der Waals surface area contributed by atoms with Gasteiger partial charge in [-0.15, -0.1) is 0 Å². The lowest BCUT2D eigenvalue weighted by atomic mass is 10.1. The predicted octanol–water partition coefficient (Wildman–Crippen LogP) is 7.03. The quantitative estimate of drug-likeness (QED) is 0.221. The Morgan fingerprint density at radius 2 is 1.82 bits per heavy atom. The van der Waals surface area contributed by atoms with E-state index in [2.05, 4.69) is 12.2 Å². The van der Waals surface area contributed by atoms with Crippen molar-refractivity contribution in [1.29, 1.82) is 0 Å². The second kappa shape index (κ2) is 12.5. The van der Waals surface area contributed by atoms with Crippen molar-refractivity contribution in [2.75, 3.05) is 23.4 Å². The van der Waals surface area contributed by atoms with Crippen molar-refractivity contribution in [2.24, 2.45) is 0 Å². The molecule has 0 spiro atoms. The molecule has 3 aromatic carbocycles. The number of thioether (sulfide) groups is 1. The third-order valence-corrected chi connectivity index (χ3v) is 7.49. The van der Waals surface area contributed by atoms with Crippen LogP contribution >= 0.6 is 35.6 Å². The number of amides is 2. The van der Waals surface area contributed by atoms with Crippen molar-refractivity contribution in [3.63, 3.8) is 0 Å². The Balaban J connectivity index is 1.46. The van der Waals surface area contributed by atoms with E-state index in [0.717, 1.165) is 23.2 Å². The predicted molar refractivity (Wildman–Crippen MR) is 159 cm³/mol. The lowest BCUT2D eigenvalue weighted by Crippen LogP contribution is -2.27. The summed E-state index contributed by atoms with van der Waals surface area (Å²) in [6.07, 6.45) is 2.70. The summed E-state index contributed by atoms with van der Waals surface area (Å²) in [6.45, 7) is 6.03. The lowest BCUT2D eigenvalue weighted by Gasteiger charge is -2.15. The van der Waals surface area contributed by atoms with E-state index in [4.69, 9.17) is 33.3 Å². The molecule has 1 saturated heterocycles. The molecule has 1 aliphatic rings. The summed E-state index contributed by atoms with van der Waals surface area (Å²) in [5.41, 5.74) is 4.21. The minimum Gasteiger partial charge on any atom is -0.490 e. The van der Waals surface area contributed by atoms with Crippen LogP contribution in [0.1, 0.15) is 30.5 Å². The monoisotopic (exact) mass is 566 g/mol. The lowest BCUT2D eigenvalue weighted by molar-refractivity contribution is -0.118. The van der Waals surface area contributed by atoms with Gasteiger partial charge < -0.3 is 14.8 Å². The highest BCUT2D eigenvalue weighted by atomic mass is 35.5. The zero-order valence-electron chi connectivity index (χ0n) is 21.2. The maximum absolute atomic E-state index is 13.2. The molecule has 4 rings (SSSR count). The van der Waals surface area contributed by atoms with E-state index < -0.39 is 0 Å². The Morgan fingerprint density at radius 1 is 1.05 bits per heavy atom. The van der Waals surface area contributed by atoms with Gasteiger partial charge >= 0.3 is 0 Å². The summed E-state index contributed by atoms with van der Waals surface area (Å²) in [5.74, 6) is 0.394. The first kappa shape index (κ1) is 27.7. The summed E-state index contributed by atoms with van der Waals surface area (Å²) in [4.78, 5) is 27.6. The van der Waals surface area contributed by atoms with E-state index in [1.54, 1.807) is 41.3 Å². The summed E-state index contributed by atoms with van der Waals surface area (Å²) >= 11 is 12.9. The molecular weight excluding hydrogens is 540 g/mol. The molecule has 0 radical (unpaired) electrons. The minimum atomic E-state index is -0.327. The molecule has 196 valence electrons. The van der Waals surface area contributed by atoms with E-state index in [1.807, 2.05) is 44.2 Å². The zero-order chi connectivity index (χ0) is 27.2. The molecule has 0 bridgehead atoms. The number of thiocarbonyl (C=S) groups is 1. The van der Waals surface area contributed by atoms with Crippen LogP contribution < -0.4 is 19.7 Å². The summed E-state index contributed by atoms with van der Waals surface area (Å²) < 4.78 is 12.0. The third-order valence-electron chi connectivity index (χ3n) is 5.78. The highest BCUT2D eigenvalue weighted by Crippen LogP contribution is 2.37. The Morgan fingerprint density at radius 3 is 2.50 bits per heavy atom. The average molecular weight is 567 g/mol. The smallest absolute Gasteiger partial charge is 0.270 e. The molecular formula is C29H27ClN2O4S2. The minimum absolute atomic E-state index is 0.171. The van der Waals surface area contributed by atoms with Crippen molar-refractivity contribution < 1.29 is 19.1 Å². The first-order valence-corrected chi connectivity index (χ1v) is 13.7. The van der Waals surface area contributed by atoms with Gasteiger partial charge in [0, 0.05) is 10.7 Å². The van der Waals surface area contributed by atoms with Gasteiger partial charge in [0.2, 0.25) is 0 Å².